The van der Waals surface area contributed by atoms with Crippen molar-refractivity contribution >= 4 is 28.9 Å². The first-order valence-corrected chi connectivity index (χ1v) is 8.80. The Morgan fingerprint density at radius 2 is 2.31 bits per heavy atom. The van der Waals surface area contributed by atoms with Crippen LogP contribution in [-0.4, -0.2) is 33.2 Å². The molecule has 0 radical (unpaired) electrons. The SMILES string of the molecule is [C+]#Cc1cnc(-c2ccc(C(=O)OC)s2)nc1Nc1cc(C2CC2)[nH]n1. The van der Waals surface area contributed by atoms with E-state index >= 15 is 0 Å². The third kappa shape index (κ3) is 3.24. The summed E-state index contributed by atoms with van der Waals surface area (Å²) >= 11 is 1.25. The van der Waals surface area contributed by atoms with Gasteiger partial charge in [0.1, 0.15) is 0 Å². The van der Waals surface area contributed by atoms with E-state index in [1.165, 1.54) is 37.5 Å². The molecule has 3 aromatic rings. The molecule has 0 unspecified atom stereocenters. The second kappa shape index (κ2) is 6.74. The molecule has 0 aliphatic heterocycles. The average Bonchev–Trinajstić information content (AvgIpc) is 3.21. The number of rotatable bonds is 5. The summed E-state index contributed by atoms with van der Waals surface area (Å²) in [6, 6.07) is 5.39. The van der Waals surface area contributed by atoms with Crippen molar-refractivity contribution in [1.82, 2.24) is 20.2 Å². The fourth-order valence-electron chi connectivity index (χ4n) is 2.48. The first-order chi connectivity index (χ1) is 12.7. The van der Waals surface area contributed by atoms with Crippen molar-refractivity contribution in [3.05, 3.63) is 47.0 Å². The molecular formula is C18H14N5O2S+. The molecule has 1 aliphatic carbocycles. The van der Waals surface area contributed by atoms with Crippen LogP contribution in [0.3, 0.4) is 0 Å². The number of carbonyl (C=O) groups excluding carboxylic acids is 1. The number of thiophene rings is 1. The Balaban J connectivity index is 1.63. The summed E-state index contributed by atoms with van der Waals surface area (Å²) in [7, 11) is 1.34. The summed E-state index contributed by atoms with van der Waals surface area (Å²) in [5.41, 5.74) is 1.53. The predicted octanol–water partition coefficient (Wildman–Crippen LogP) is 3.27. The number of aromatic nitrogens is 4. The molecule has 1 aliphatic rings. The first-order valence-electron chi connectivity index (χ1n) is 7.98. The van der Waals surface area contributed by atoms with Gasteiger partial charge in [0, 0.05) is 0 Å². The van der Waals surface area contributed by atoms with Crippen molar-refractivity contribution in [3.63, 3.8) is 0 Å². The Bertz CT molecular complexity index is 1010. The number of anilines is 2. The minimum atomic E-state index is -0.395. The van der Waals surface area contributed by atoms with E-state index in [2.05, 4.69) is 31.4 Å². The van der Waals surface area contributed by atoms with Crippen LogP contribution in [0.15, 0.2) is 24.4 Å². The van der Waals surface area contributed by atoms with Gasteiger partial charge in [0.2, 0.25) is 0 Å². The molecule has 4 rings (SSSR count). The van der Waals surface area contributed by atoms with Crippen LogP contribution >= 0.6 is 11.3 Å². The van der Waals surface area contributed by atoms with E-state index in [0.717, 1.165) is 10.6 Å². The topological polar surface area (TPSA) is 92.8 Å². The van der Waals surface area contributed by atoms with Gasteiger partial charge in [-0.2, -0.15) is 0 Å². The third-order valence-corrected chi connectivity index (χ3v) is 5.06. The zero-order chi connectivity index (χ0) is 18.1. The Morgan fingerprint density at radius 3 is 3.04 bits per heavy atom. The molecule has 1 fully saturated rings. The predicted molar refractivity (Wildman–Crippen MR) is 96.8 cm³/mol. The van der Waals surface area contributed by atoms with Crippen LogP contribution in [0.25, 0.3) is 10.7 Å². The molecule has 0 saturated heterocycles. The van der Waals surface area contributed by atoms with Gasteiger partial charge in [0.15, 0.2) is 0 Å². The Labute approximate surface area is 153 Å². The third-order valence-electron chi connectivity index (χ3n) is 4.00. The summed E-state index contributed by atoms with van der Waals surface area (Å²) in [5, 5.41) is 10.4. The van der Waals surface area contributed by atoms with Crippen molar-refractivity contribution in [3.8, 4) is 16.6 Å². The van der Waals surface area contributed by atoms with Gasteiger partial charge in [-0.1, -0.05) is 0 Å². The number of methoxy groups -OCH3 is 1. The van der Waals surface area contributed by atoms with Crippen molar-refractivity contribution < 1.29 is 9.53 Å². The molecule has 26 heavy (non-hydrogen) atoms. The quantitative estimate of drug-likeness (QED) is 0.410. The number of nitrogens with zero attached hydrogens (tertiary/aromatic N) is 3. The Morgan fingerprint density at radius 1 is 1.46 bits per heavy atom. The fourth-order valence-corrected chi connectivity index (χ4v) is 3.35. The number of carbonyl (C=O) groups is 1. The van der Waals surface area contributed by atoms with E-state index in [4.69, 9.17) is 11.2 Å². The number of nitrogens with one attached hydrogen (secondary N) is 2. The van der Waals surface area contributed by atoms with Crippen molar-refractivity contribution in [2.75, 3.05) is 12.4 Å². The van der Waals surface area contributed by atoms with Crippen molar-refractivity contribution in [1.29, 1.82) is 0 Å². The molecule has 1 saturated carbocycles. The number of ether oxygens (including phenoxy) is 1. The van der Waals surface area contributed by atoms with Crippen molar-refractivity contribution in [2.24, 2.45) is 0 Å². The van der Waals surface area contributed by atoms with Gasteiger partial charge in [-0.15, -0.1) is 0 Å². The van der Waals surface area contributed by atoms with Gasteiger partial charge in [-0.3, -0.25) is 0 Å². The van der Waals surface area contributed by atoms with Crippen LogP contribution in [0.1, 0.15) is 39.7 Å². The number of aromatic amines is 1. The maximum absolute atomic E-state index is 11.6. The Kier molecular flexibility index (Phi) is 4.28. The molecule has 0 bridgehead atoms. The van der Waals surface area contributed by atoms with Gasteiger partial charge in [0.25, 0.3) is 0 Å². The molecule has 0 spiro atoms. The second-order valence-electron chi connectivity index (χ2n) is 5.84. The van der Waals surface area contributed by atoms with E-state index in [1.54, 1.807) is 12.1 Å². The van der Waals surface area contributed by atoms with E-state index in [-0.39, 0.29) is 0 Å². The molecule has 0 aromatic carbocycles. The van der Waals surface area contributed by atoms with Gasteiger partial charge in [-0.25, -0.2) is 0 Å². The number of H-pyrrole nitrogens is 1. The molecular weight excluding hydrogens is 350 g/mol. The minimum absolute atomic E-state index is 0.395. The molecule has 2 N–H and O–H groups in total. The standard InChI is InChI=1S/C18H13N5O2S/c1-3-10-9-19-17(13-6-7-14(26-13)18(24)25-2)21-16(10)20-15-8-12(22-23-15)11-4-5-11/h6-9,11H,4-5H2,2H3,(H-,19,20,21,22,23,24)/p+1. The summed E-state index contributed by atoms with van der Waals surface area (Å²) in [6.45, 7) is 0. The zero-order valence-electron chi connectivity index (χ0n) is 13.9. The van der Waals surface area contributed by atoms with Crippen LogP contribution in [-0.2, 0) is 4.74 Å². The van der Waals surface area contributed by atoms with Crippen molar-refractivity contribution in [2.45, 2.75) is 18.8 Å². The summed E-state index contributed by atoms with van der Waals surface area (Å²) in [6.07, 6.45) is 11.3. The first kappa shape index (κ1) is 16.5. The van der Waals surface area contributed by atoms with Crippen LogP contribution < -0.4 is 5.32 Å². The van der Waals surface area contributed by atoms with Gasteiger partial charge >= 0.3 is 153 Å². The summed E-state index contributed by atoms with van der Waals surface area (Å²) < 4.78 is 4.72. The molecule has 3 aromatic heterocycles. The number of hydrogen-bond acceptors (Lipinski definition) is 7. The molecule has 128 valence electrons. The summed E-state index contributed by atoms with van der Waals surface area (Å²) in [5.74, 6) is 4.01. The molecule has 8 heteroatoms. The molecule has 0 amide bonds. The fraction of sp³-hybridized carbons (Fsp3) is 0.222. The number of esters is 1. The van der Waals surface area contributed by atoms with Gasteiger partial charge in [-0.05, 0) is 0 Å². The zero-order valence-corrected chi connectivity index (χ0v) is 14.7. The van der Waals surface area contributed by atoms with E-state index < -0.39 is 5.97 Å². The van der Waals surface area contributed by atoms with Crippen LogP contribution in [0, 0.1) is 12.3 Å². The average molecular weight is 364 g/mol. The molecule has 0 atom stereocenters. The normalized spacial score (nSPS) is 13.3. The van der Waals surface area contributed by atoms with E-state index in [0.29, 0.717) is 33.8 Å². The monoisotopic (exact) mass is 364 g/mol. The van der Waals surface area contributed by atoms with Crippen LogP contribution in [0.5, 0.6) is 0 Å². The van der Waals surface area contributed by atoms with Gasteiger partial charge < -0.3 is 0 Å². The van der Waals surface area contributed by atoms with Crippen LogP contribution in [0.2, 0.25) is 0 Å². The maximum atomic E-state index is 11.6. The number of hydrogen-bond donors (Lipinski definition) is 2. The molecule has 3 heterocycles. The molecule has 7 nitrogen and oxygen atoms in total. The second-order valence-corrected chi connectivity index (χ2v) is 6.93. The van der Waals surface area contributed by atoms with E-state index in [1.807, 2.05) is 6.07 Å². The van der Waals surface area contributed by atoms with E-state index in [9.17, 15) is 4.79 Å². The summed E-state index contributed by atoms with van der Waals surface area (Å²) in [4.78, 5) is 21.6. The van der Waals surface area contributed by atoms with Crippen LogP contribution in [0.4, 0.5) is 11.6 Å². The Hall–Kier alpha value is -2.96. The van der Waals surface area contributed by atoms with Gasteiger partial charge in [0.05, 0.1) is 0 Å².